The summed E-state index contributed by atoms with van der Waals surface area (Å²) in [7, 11) is -9.24. The lowest BCUT2D eigenvalue weighted by atomic mass is 9.69. The van der Waals surface area contributed by atoms with E-state index in [4.69, 9.17) is 27.1 Å². The van der Waals surface area contributed by atoms with Crippen LogP contribution in [0.1, 0.15) is 136 Å². The zero-order chi connectivity index (χ0) is 47.9. The van der Waals surface area contributed by atoms with Crippen molar-refractivity contribution >= 4 is 51.3 Å². The third-order valence-electron chi connectivity index (χ3n) is 17.6. The van der Waals surface area contributed by atoms with Crippen molar-refractivity contribution in [2.24, 2.45) is 72.7 Å². The van der Waals surface area contributed by atoms with Crippen LogP contribution in [0.5, 0.6) is 0 Å². The molecule has 0 aromatic heterocycles. The molecule has 16 atom stereocenters. The van der Waals surface area contributed by atoms with E-state index >= 15 is 0 Å². The summed E-state index contributed by atoms with van der Waals surface area (Å²) >= 11 is 0. The van der Waals surface area contributed by atoms with E-state index in [9.17, 15) is 9.13 Å². The Hall–Kier alpha value is 0.960. The molecule has 366 valence electrons. The van der Waals surface area contributed by atoms with Crippen molar-refractivity contribution in [1.29, 1.82) is 0 Å². The van der Waals surface area contributed by atoms with Gasteiger partial charge in [0.15, 0.2) is 7.57 Å². The minimum absolute atomic E-state index is 0.0486. The summed E-state index contributed by atoms with van der Waals surface area (Å²) in [6, 6.07) is 0.203. The predicted octanol–water partition coefficient (Wildman–Crippen LogP) is 9.74. The van der Waals surface area contributed by atoms with Gasteiger partial charge in [0.25, 0.3) is 0 Å². The predicted molar refractivity (Wildman–Crippen MR) is 273 cm³/mol. The van der Waals surface area contributed by atoms with Crippen molar-refractivity contribution in [3.63, 3.8) is 0 Å². The summed E-state index contributed by atoms with van der Waals surface area (Å²) in [5.41, 5.74) is 3.86. The van der Waals surface area contributed by atoms with Crippen molar-refractivity contribution in [3.05, 3.63) is 6.66 Å². The van der Waals surface area contributed by atoms with Gasteiger partial charge in [0.05, 0.1) is 61.6 Å². The van der Waals surface area contributed by atoms with Crippen molar-refractivity contribution in [2.75, 3.05) is 46.8 Å². The number of hydrogen-bond donors (Lipinski definition) is 3. The minimum Gasteiger partial charge on any atom is -0.347 e. The van der Waals surface area contributed by atoms with Gasteiger partial charge < -0.3 is 33.0 Å². The normalized spacial score (nSPS) is 52.3. The van der Waals surface area contributed by atoms with Gasteiger partial charge in [-0.3, -0.25) is 19.2 Å². The van der Waals surface area contributed by atoms with E-state index in [0.717, 1.165) is 32.5 Å². The molecule has 2 aliphatic heterocycles. The lowest BCUT2D eigenvalue weighted by Crippen LogP contribution is -2.48. The molecule has 4 unspecified atom stereocenters. The van der Waals surface area contributed by atoms with Gasteiger partial charge in [-0.15, -0.1) is 0 Å². The van der Waals surface area contributed by atoms with Crippen LogP contribution in [0.4, 0.5) is 0 Å². The molecular formula is C45H95B2N3O8P4-2. The smallest absolute Gasteiger partial charge is 0.191 e. The fourth-order valence-electron chi connectivity index (χ4n) is 12.5. The van der Waals surface area contributed by atoms with E-state index in [1.807, 2.05) is 0 Å². The average molecular weight is 952 g/mol. The Balaban J connectivity index is 0.000000262. The molecule has 4 bridgehead atoms. The number of fused-ring (bicyclic) bond motifs is 6. The van der Waals surface area contributed by atoms with Crippen molar-refractivity contribution in [2.45, 2.75) is 161 Å². The van der Waals surface area contributed by atoms with Crippen LogP contribution in [0.15, 0.2) is 0 Å². The SMILES string of the molecule is CN.[BH3-]P1(=O)OC[C@@]2(C)C[C@@H](C)C(C)(C)[C@@H]2NP([CH2-])(=O)OC[C@@]2(C)C[C@@H](C)[C@H](O1)C2(C)C.[BH3-][P+]1(C)OC[C@@]2(C)C[C@@H](C)C(C)(C)[C@@H]2NP(=C)(C)OC[C@@]2(C)C[C@@H](C)[C@H](O1)C2(C)C. The van der Waals surface area contributed by atoms with E-state index in [0.29, 0.717) is 37.0 Å². The summed E-state index contributed by atoms with van der Waals surface area (Å²) in [4.78, 5) is 0. The molecule has 6 aliphatic rings. The van der Waals surface area contributed by atoms with E-state index < -0.39 is 37.4 Å². The first-order valence-corrected chi connectivity index (χ1v) is 29.3. The quantitative estimate of drug-likeness (QED) is 0.122. The maximum atomic E-state index is 13.5. The van der Waals surface area contributed by atoms with Crippen molar-refractivity contribution in [1.82, 2.24) is 10.2 Å². The van der Waals surface area contributed by atoms with Crippen molar-refractivity contribution < 1.29 is 36.3 Å². The highest BCUT2D eigenvalue weighted by Gasteiger charge is 2.61. The Morgan fingerprint density at radius 2 is 1.10 bits per heavy atom. The molecule has 4 N–H and O–H groups in total. The van der Waals surface area contributed by atoms with Gasteiger partial charge >= 0.3 is 0 Å². The van der Waals surface area contributed by atoms with Gasteiger partial charge in [-0.2, -0.15) is 0 Å². The molecule has 0 aromatic carbocycles. The molecule has 2 heterocycles. The van der Waals surface area contributed by atoms with Crippen LogP contribution in [0.25, 0.3) is 0 Å². The fourth-order valence-corrected chi connectivity index (χ4v) is 18.4. The van der Waals surface area contributed by atoms with Crippen LogP contribution in [-0.2, 0) is 36.3 Å². The molecule has 0 amide bonds. The zero-order valence-corrected chi connectivity index (χ0v) is 44.9. The van der Waals surface area contributed by atoms with Crippen LogP contribution < -0.4 is 15.9 Å². The third-order valence-corrected chi connectivity index (χ3v) is 22.1. The number of nitrogens with two attached hydrogens (primary N) is 1. The van der Waals surface area contributed by atoms with Crippen LogP contribution in [0, 0.1) is 73.7 Å². The summed E-state index contributed by atoms with van der Waals surface area (Å²) in [5, 5.41) is 7.31. The Bertz CT molecular complexity index is 1770. The average Bonchev–Trinajstić information content (AvgIpc) is 3.57. The second-order valence-electron chi connectivity index (χ2n) is 23.8. The van der Waals surface area contributed by atoms with Crippen LogP contribution in [0.3, 0.4) is 0 Å². The highest BCUT2D eigenvalue weighted by atomic mass is 31.2. The maximum absolute atomic E-state index is 13.5. The topological polar surface area (TPSA) is 140 Å². The molecule has 6 rings (SSSR count). The molecule has 0 spiro atoms. The van der Waals surface area contributed by atoms with E-state index in [2.05, 4.69) is 153 Å². The largest absolute Gasteiger partial charge is 0.347 e. The summed E-state index contributed by atoms with van der Waals surface area (Å²) < 4.78 is 66.1. The molecule has 2 saturated heterocycles. The van der Waals surface area contributed by atoms with Crippen molar-refractivity contribution in [3.8, 4) is 0 Å². The summed E-state index contributed by atoms with van der Waals surface area (Å²) in [6.45, 7) is 47.2. The Morgan fingerprint density at radius 3 is 1.60 bits per heavy atom. The minimum atomic E-state index is -3.30. The van der Waals surface area contributed by atoms with E-state index in [-0.39, 0.29) is 75.1 Å². The van der Waals surface area contributed by atoms with Crippen LogP contribution >= 0.6 is 29.9 Å². The van der Waals surface area contributed by atoms with Gasteiger partial charge in [0, 0.05) is 28.3 Å². The van der Waals surface area contributed by atoms with Crippen LogP contribution in [0.2, 0.25) is 0 Å². The molecule has 4 aliphatic carbocycles. The number of rotatable bonds is 0. The second kappa shape index (κ2) is 18.0. The third kappa shape index (κ3) is 10.7. The lowest BCUT2D eigenvalue weighted by Gasteiger charge is -2.44. The molecule has 6 fully saturated rings. The molecule has 62 heavy (non-hydrogen) atoms. The van der Waals surface area contributed by atoms with Crippen LogP contribution in [-0.4, -0.2) is 92.5 Å². The summed E-state index contributed by atoms with van der Waals surface area (Å²) in [5.74, 6) is 1.75. The van der Waals surface area contributed by atoms with Gasteiger partial charge in [0.2, 0.25) is 0 Å². The highest BCUT2D eigenvalue weighted by Crippen LogP contribution is 2.67. The van der Waals surface area contributed by atoms with Gasteiger partial charge in [0.1, 0.15) is 21.1 Å². The molecule has 4 saturated carbocycles. The fraction of sp³-hybridized carbons (Fsp3) is 0.956. The Labute approximate surface area is 383 Å². The Kier molecular flexibility index (Phi) is 16.2. The first-order valence-electron chi connectivity index (χ1n) is 22.5. The van der Waals surface area contributed by atoms with E-state index in [1.165, 1.54) is 13.5 Å². The van der Waals surface area contributed by atoms with Gasteiger partial charge in [-0.25, -0.2) is 6.66 Å². The highest BCUT2D eigenvalue weighted by molar-refractivity contribution is 7.89. The second-order valence-corrected chi connectivity index (χ2v) is 30.6. The molecule has 0 aromatic rings. The maximum Gasteiger partial charge on any atom is 0.191 e. The zero-order valence-electron chi connectivity index (χ0n) is 41.3. The molecule has 0 radical (unpaired) electrons. The lowest BCUT2D eigenvalue weighted by molar-refractivity contribution is -0.0111. The number of nitrogens with one attached hydrogen (secondary N) is 2. The first-order chi connectivity index (χ1) is 27.7. The van der Waals surface area contributed by atoms with Gasteiger partial charge in [-0.05, 0) is 90.1 Å². The Morgan fingerprint density at radius 1 is 0.677 bits per heavy atom. The van der Waals surface area contributed by atoms with E-state index in [1.54, 1.807) is 0 Å². The molecule has 11 nitrogen and oxygen atoms in total. The standard InChI is InChI=1S/C23H48BNO3P2.C21H42BNO5P2.CH5N/c1-16-12-23(8)15-26-29(9,10)25-19-20(3,4)17(2)13-22(19,7)14-27-30(11,24)28-18(16)21(23,5)6;1-14-10-21(8)13-26-29(9,24)23-17-18(3,4)15(2)11-20(17,7)12-27-30(22,25)28-16(14)19(21,5)6;1-2/h16-19,25H,9,12-15H2,1-8,10-11,24H3;14-17H,9-13H2,1-8,22H3,(H,23,24);2H2,1H3/q;-2;/t16-,17-,18+,19+,22-,23-,29?,30?;14-,15-,16+,17+,20-,21-,29?,30?;/m11./s1. The molecule has 17 heteroatoms. The summed E-state index contributed by atoms with van der Waals surface area (Å²) in [6.07, 6.45) is 8.71. The molecular weight excluding hydrogens is 856 g/mol. The number of hydrogen-bond acceptors (Lipinski definition) is 10. The first kappa shape index (κ1) is 55.6. The van der Waals surface area contributed by atoms with Gasteiger partial charge in [-0.1, -0.05) is 117 Å². The monoisotopic (exact) mass is 952 g/mol.